The van der Waals surface area contributed by atoms with E-state index >= 15 is 0 Å². The lowest BCUT2D eigenvalue weighted by Gasteiger charge is -2.17. The second-order valence-electron chi connectivity index (χ2n) is 3.43. The summed E-state index contributed by atoms with van der Waals surface area (Å²) in [6.45, 7) is 0.599. The van der Waals surface area contributed by atoms with Crippen molar-refractivity contribution >= 4 is 5.69 Å². The molecule has 1 aliphatic rings. The van der Waals surface area contributed by atoms with E-state index in [4.69, 9.17) is 0 Å². The topological polar surface area (TPSA) is 3.24 Å². The molecule has 4 heteroatoms. The van der Waals surface area contributed by atoms with Gasteiger partial charge in [0.1, 0.15) is 17.8 Å². The maximum Gasteiger partial charge on any atom is 0.146 e. The maximum absolute atomic E-state index is 13.2. The molecule has 0 N–H and O–H groups in total. The van der Waals surface area contributed by atoms with E-state index in [0.717, 1.165) is 18.2 Å². The van der Waals surface area contributed by atoms with Crippen LogP contribution < -0.4 is 4.90 Å². The van der Waals surface area contributed by atoms with Gasteiger partial charge in [-0.25, -0.2) is 13.2 Å². The Bertz CT molecular complexity index is 340. The Kier molecular flexibility index (Phi) is 2.35. The molecule has 76 valence electrons. The predicted molar refractivity (Wildman–Crippen MR) is 48.1 cm³/mol. The maximum atomic E-state index is 13.2. The molecule has 1 aromatic rings. The van der Waals surface area contributed by atoms with Crippen LogP contribution in [-0.2, 0) is 0 Å². The lowest BCUT2D eigenvalue weighted by atomic mass is 10.2. The van der Waals surface area contributed by atoms with Gasteiger partial charge in [-0.15, -0.1) is 0 Å². The van der Waals surface area contributed by atoms with Crippen LogP contribution >= 0.6 is 0 Å². The minimum Gasteiger partial charge on any atom is -0.366 e. The van der Waals surface area contributed by atoms with E-state index in [1.165, 1.54) is 4.90 Å². The number of benzene rings is 1. The zero-order valence-corrected chi connectivity index (χ0v) is 7.51. The summed E-state index contributed by atoms with van der Waals surface area (Å²) >= 11 is 0. The fraction of sp³-hybridized carbons (Fsp3) is 0.400. The van der Waals surface area contributed by atoms with E-state index < -0.39 is 17.8 Å². The Hall–Kier alpha value is -1.19. The van der Waals surface area contributed by atoms with Crippen LogP contribution in [0.15, 0.2) is 18.2 Å². The molecule has 0 amide bonds. The summed E-state index contributed by atoms with van der Waals surface area (Å²) in [6, 6.07) is 3.23. The van der Waals surface area contributed by atoms with Crippen molar-refractivity contribution in [2.24, 2.45) is 0 Å². The zero-order valence-electron chi connectivity index (χ0n) is 7.51. The zero-order chi connectivity index (χ0) is 10.1. The van der Waals surface area contributed by atoms with Gasteiger partial charge in [-0.3, -0.25) is 0 Å². The van der Waals surface area contributed by atoms with Crippen LogP contribution in [0.5, 0.6) is 0 Å². The highest BCUT2D eigenvalue weighted by Gasteiger charge is 2.24. The lowest BCUT2D eigenvalue weighted by molar-refractivity contribution is 0.364. The summed E-state index contributed by atoms with van der Waals surface area (Å²) in [7, 11) is 0. The molecule has 1 heterocycles. The SMILES string of the molecule is Fc1ccc(F)c(N2CCC(F)C2)c1. The van der Waals surface area contributed by atoms with E-state index in [9.17, 15) is 13.2 Å². The largest absolute Gasteiger partial charge is 0.366 e. The van der Waals surface area contributed by atoms with Crippen LogP contribution in [0.2, 0.25) is 0 Å². The highest BCUT2D eigenvalue weighted by molar-refractivity contribution is 5.49. The van der Waals surface area contributed by atoms with Gasteiger partial charge in [-0.1, -0.05) is 0 Å². The normalized spacial score (nSPS) is 21.6. The molecule has 1 aliphatic heterocycles. The fourth-order valence-corrected chi connectivity index (χ4v) is 1.66. The van der Waals surface area contributed by atoms with E-state index in [-0.39, 0.29) is 12.2 Å². The Labute approximate surface area is 80.1 Å². The summed E-state index contributed by atoms with van der Waals surface area (Å²) in [5.41, 5.74) is 0.158. The molecular weight excluding hydrogens is 191 g/mol. The number of nitrogens with zero attached hydrogens (tertiary/aromatic N) is 1. The van der Waals surface area contributed by atoms with Crippen molar-refractivity contribution in [1.29, 1.82) is 0 Å². The molecule has 1 saturated heterocycles. The standard InChI is InChI=1S/C10H10F3N/c11-7-1-2-9(13)10(5-7)14-4-3-8(12)6-14/h1-2,5,8H,3-4,6H2. The number of hydrogen-bond donors (Lipinski definition) is 0. The van der Waals surface area contributed by atoms with Crippen LogP contribution in [-0.4, -0.2) is 19.3 Å². The van der Waals surface area contributed by atoms with Gasteiger partial charge in [-0.2, -0.15) is 0 Å². The average Bonchev–Trinajstić information content (AvgIpc) is 2.56. The van der Waals surface area contributed by atoms with Gasteiger partial charge >= 0.3 is 0 Å². The van der Waals surface area contributed by atoms with Crippen LogP contribution in [0.1, 0.15) is 6.42 Å². The number of halogens is 3. The monoisotopic (exact) mass is 201 g/mol. The Morgan fingerprint density at radius 2 is 2.07 bits per heavy atom. The Morgan fingerprint density at radius 1 is 1.29 bits per heavy atom. The third-order valence-corrected chi connectivity index (χ3v) is 2.38. The van der Waals surface area contributed by atoms with E-state index in [0.29, 0.717) is 13.0 Å². The summed E-state index contributed by atoms with van der Waals surface area (Å²) in [4.78, 5) is 1.53. The minimum atomic E-state index is -0.933. The van der Waals surface area contributed by atoms with Crippen molar-refractivity contribution in [2.45, 2.75) is 12.6 Å². The molecule has 0 bridgehead atoms. The predicted octanol–water partition coefficient (Wildman–Crippen LogP) is 2.51. The van der Waals surface area contributed by atoms with E-state index in [1.807, 2.05) is 0 Å². The molecule has 2 rings (SSSR count). The molecule has 1 fully saturated rings. The number of rotatable bonds is 1. The molecule has 0 aromatic heterocycles. The van der Waals surface area contributed by atoms with Crippen molar-refractivity contribution in [3.8, 4) is 0 Å². The van der Waals surface area contributed by atoms with E-state index in [1.54, 1.807) is 0 Å². The average molecular weight is 201 g/mol. The number of anilines is 1. The third-order valence-electron chi connectivity index (χ3n) is 2.38. The lowest BCUT2D eigenvalue weighted by Crippen LogP contribution is -2.21. The minimum absolute atomic E-state index is 0.153. The van der Waals surface area contributed by atoms with Crippen molar-refractivity contribution in [1.82, 2.24) is 0 Å². The third kappa shape index (κ3) is 1.69. The van der Waals surface area contributed by atoms with Crippen LogP contribution in [0, 0.1) is 11.6 Å². The van der Waals surface area contributed by atoms with E-state index in [2.05, 4.69) is 0 Å². The van der Waals surface area contributed by atoms with Gasteiger partial charge in [-0.05, 0) is 18.6 Å². The van der Waals surface area contributed by atoms with Gasteiger partial charge in [0.15, 0.2) is 0 Å². The van der Waals surface area contributed by atoms with Crippen molar-refractivity contribution in [2.75, 3.05) is 18.0 Å². The fourth-order valence-electron chi connectivity index (χ4n) is 1.66. The van der Waals surface area contributed by atoms with Crippen molar-refractivity contribution in [3.05, 3.63) is 29.8 Å². The first-order valence-electron chi connectivity index (χ1n) is 4.51. The van der Waals surface area contributed by atoms with Gasteiger partial charge in [0.25, 0.3) is 0 Å². The number of hydrogen-bond acceptors (Lipinski definition) is 1. The first kappa shape index (κ1) is 9.37. The van der Waals surface area contributed by atoms with Crippen LogP contribution in [0.3, 0.4) is 0 Å². The highest BCUT2D eigenvalue weighted by Crippen LogP contribution is 2.25. The summed E-state index contributed by atoms with van der Waals surface area (Å²) < 4.78 is 38.9. The molecule has 1 unspecified atom stereocenters. The Balaban J connectivity index is 2.27. The quantitative estimate of drug-likeness (QED) is 0.674. The van der Waals surface area contributed by atoms with Gasteiger partial charge < -0.3 is 4.90 Å². The van der Waals surface area contributed by atoms with Crippen LogP contribution in [0.4, 0.5) is 18.9 Å². The van der Waals surface area contributed by atoms with Crippen LogP contribution in [0.25, 0.3) is 0 Å². The molecule has 1 atom stereocenters. The molecular formula is C10H10F3N. The molecule has 0 radical (unpaired) electrons. The van der Waals surface area contributed by atoms with Gasteiger partial charge in [0.2, 0.25) is 0 Å². The summed E-state index contributed by atoms with van der Waals surface area (Å²) in [5, 5.41) is 0. The number of alkyl halides is 1. The first-order chi connectivity index (χ1) is 6.66. The highest BCUT2D eigenvalue weighted by atomic mass is 19.1. The molecule has 0 saturated carbocycles. The molecule has 0 spiro atoms. The molecule has 0 aliphatic carbocycles. The van der Waals surface area contributed by atoms with Gasteiger partial charge in [0.05, 0.1) is 5.69 Å². The Morgan fingerprint density at radius 3 is 2.71 bits per heavy atom. The van der Waals surface area contributed by atoms with Crippen molar-refractivity contribution in [3.63, 3.8) is 0 Å². The summed E-state index contributed by atoms with van der Waals surface area (Å²) in [6.07, 6.45) is -0.548. The molecule has 14 heavy (non-hydrogen) atoms. The molecule has 1 aromatic carbocycles. The van der Waals surface area contributed by atoms with Crippen molar-refractivity contribution < 1.29 is 13.2 Å². The summed E-state index contributed by atoms with van der Waals surface area (Å²) in [5.74, 6) is -0.996. The smallest absolute Gasteiger partial charge is 0.146 e. The second-order valence-corrected chi connectivity index (χ2v) is 3.43. The first-order valence-corrected chi connectivity index (χ1v) is 4.51. The molecule has 1 nitrogen and oxygen atoms in total. The van der Waals surface area contributed by atoms with Gasteiger partial charge in [0, 0.05) is 19.2 Å². The second kappa shape index (κ2) is 3.52.